The number of aromatic amines is 1. The Morgan fingerprint density at radius 3 is 3.00 bits per heavy atom. The van der Waals surface area contributed by atoms with Gasteiger partial charge in [0.1, 0.15) is 11.6 Å². The fraction of sp³-hybridized carbons (Fsp3) is 0.353. The lowest BCUT2D eigenvalue weighted by atomic mass is 10.1. The van der Waals surface area contributed by atoms with Crippen molar-refractivity contribution in [1.29, 1.82) is 0 Å². The van der Waals surface area contributed by atoms with E-state index >= 15 is 0 Å². The molecule has 1 saturated heterocycles. The van der Waals surface area contributed by atoms with Gasteiger partial charge in [0, 0.05) is 24.5 Å². The van der Waals surface area contributed by atoms with Crippen LogP contribution in [0.25, 0.3) is 0 Å². The Hall–Kier alpha value is -2.30. The summed E-state index contributed by atoms with van der Waals surface area (Å²) >= 11 is 0. The molecule has 4 nitrogen and oxygen atoms in total. The van der Waals surface area contributed by atoms with Crippen molar-refractivity contribution in [3.63, 3.8) is 0 Å². The van der Waals surface area contributed by atoms with Crippen LogP contribution in [0.2, 0.25) is 0 Å². The molecule has 2 aromatic rings. The summed E-state index contributed by atoms with van der Waals surface area (Å²) < 4.78 is 18.8. The lowest BCUT2D eigenvalue weighted by molar-refractivity contribution is -0.139. The second kappa shape index (κ2) is 6.22. The maximum atomic E-state index is 13.2. The smallest absolute Gasteiger partial charge is 0.263 e. The van der Waals surface area contributed by atoms with Gasteiger partial charge in [-0.15, -0.1) is 0 Å². The number of nitrogens with zero attached hydrogens (tertiary/aromatic N) is 1. The number of halogens is 1. The molecule has 5 heteroatoms. The van der Waals surface area contributed by atoms with Crippen LogP contribution in [-0.4, -0.2) is 28.4 Å². The Morgan fingerprint density at radius 1 is 1.41 bits per heavy atom. The molecule has 0 aliphatic carbocycles. The standard InChI is InChI=1S/C17H19FN2O2/c1-12(22-14-6-2-5-13(18)11-14)17(21)20-10-4-8-16(20)15-7-3-9-19-15/h2-3,5-7,9,11-12,16,19H,4,8,10H2,1H3/t12-,16-/m1/s1. The van der Waals surface area contributed by atoms with Crippen molar-refractivity contribution in [2.24, 2.45) is 0 Å². The molecule has 1 aliphatic rings. The molecular weight excluding hydrogens is 283 g/mol. The summed E-state index contributed by atoms with van der Waals surface area (Å²) in [5, 5.41) is 0. The number of carbonyl (C=O) groups excluding carboxylic acids is 1. The van der Waals surface area contributed by atoms with Crippen molar-refractivity contribution in [1.82, 2.24) is 9.88 Å². The van der Waals surface area contributed by atoms with Gasteiger partial charge in [-0.1, -0.05) is 6.07 Å². The third kappa shape index (κ3) is 2.98. The zero-order valence-corrected chi connectivity index (χ0v) is 12.5. The van der Waals surface area contributed by atoms with E-state index in [9.17, 15) is 9.18 Å². The molecule has 0 saturated carbocycles. The number of nitrogens with one attached hydrogen (secondary N) is 1. The molecule has 1 aliphatic heterocycles. The van der Waals surface area contributed by atoms with Crippen molar-refractivity contribution < 1.29 is 13.9 Å². The average Bonchev–Trinajstić information content (AvgIpc) is 3.17. The molecular formula is C17H19FN2O2. The summed E-state index contributed by atoms with van der Waals surface area (Å²) in [5.74, 6) is -0.0691. The quantitative estimate of drug-likeness (QED) is 0.942. The van der Waals surface area contributed by atoms with Crippen LogP contribution in [0.5, 0.6) is 5.75 Å². The maximum absolute atomic E-state index is 13.2. The molecule has 0 radical (unpaired) electrons. The Labute approximate surface area is 128 Å². The van der Waals surface area contributed by atoms with Gasteiger partial charge in [0.15, 0.2) is 6.10 Å². The van der Waals surface area contributed by atoms with Gasteiger partial charge < -0.3 is 14.6 Å². The second-order valence-corrected chi connectivity index (χ2v) is 5.53. The van der Waals surface area contributed by atoms with E-state index in [1.54, 1.807) is 19.1 Å². The van der Waals surface area contributed by atoms with Gasteiger partial charge in [-0.05, 0) is 44.0 Å². The van der Waals surface area contributed by atoms with E-state index < -0.39 is 6.10 Å². The molecule has 0 bridgehead atoms. The number of H-pyrrole nitrogens is 1. The number of likely N-dealkylation sites (tertiary alicyclic amines) is 1. The lowest BCUT2D eigenvalue weighted by Gasteiger charge is -2.27. The van der Waals surface area contributed by atoms with Crippen LogP contribution in [0.15, 0.2) is 42.6 Å². The Morgan fingerprint density at radius 2 is 2.27 bits per heavy atom. The van der Waals surface area contributed by atoms with Crippen molar-refractivity contribution >= 4 is 5.91 Å². The zero-order valence-electron chi connectivity index (χ0n) is 12.5. The molecule has 1 N–H and O–H groups in total. The molecule has 1 aromatic carbocycles. The van der Waals surface area contributed by atoms with E-state index in [1.807, 2.05) is 23.2 Å². The predicted molar refractivity (Wildman–Crippen MR) is 81.0 cm³/mol. The van der Waals surface area contributed by atoms with Gasteiger partial charge >= 0.3 is 0 Å². The van der Waals surface area contributed by atoms with E-state index in [-0.39, 0.29) is 17.8 Å². The first-order valence-corrected chi connectivity index (χ1v) is 7.51. The molecule has 0 spiro atoms. The van der Waals surface area contributed by atoms with E-state index in [4.69, 9.17) is 4.74 Å². The zero-order chi connectivity index (χ0) is 15.5. The van der Waals surface area contributed by atoms with Gasteiger partial charge in [0.25, 0.3) is 5.91 Å². The lowest BCUT2D eigenvalue weighted by Crippen LogP contribution is -2.40. The Bertz CT molecular complexity index is 642. The minimum atomic E-state index is -0.641. The molecule has 0 unspecified atom stereocenters. The first kappa shape index (κ1) is 14.6. The number of aromatic nitrogens is 1. The third-order valence-corrected chi connectivity index (χ3v) is 3.97. The fourth-order valence-electron chi connectivity index (χ4n) is 2.93. The maximum Gasteiger partial charge on any atom is 0.263 e. The van der Waals surface area contributed by atoms with Gasteiger partial charge in [-0.2, -0.15) is 0 Å². The van der Waals surface area contributed by atoms with Crippen molar-refractivity contribution in [3.8, 4) is 5.75 Å². The molecule has 2 atom stereocenters. The predicted octanol–water partition coefficient (Wildman–Crippen LogP) is 3.28. The monoisotopic (exact) mass is 302 g/mol. The topological polar surface area (TPSA) is 45.3 Å². The van der Waals surface area contributed by atoms with Crippen molar-refractivity contribution in [2.45, 2.75) is 31.9 Å². The van der Waals surface area contributed by atoms with Gasteiger partial charge in [-0.3, -0.25) is 4.79 Å². The minimum absolute atomic E-state index is 0.0682. The summed E-state index contributed by atoms with van der Waals surface area (Å²) in [4.78, 5) is 17.7. The Balaban J connectivity index is 1.70. The van der Waals surface area contributed by atoms with Crippen LogP contribution in [0, 0.1) is 5.82 Å². The molecule has 1 fully saturated rings. The minimum Gasteiger partial charge on any atom is -0.481 e. The molecule has 1 amide bonds. The number of ether oxygens (including phenoxy) is 1. The van der Waals surface area contributed by atoms with Crippen LogP contribution in [0.1, 0.15) is 31.5 Å². The average molecular weight is 302 g/mol. The van der Waals surface area contributed by atoms with E-state index in [1.165, 1.54) is 12.1 Å². The summed E-state index contributed by atoms with van der Waals surface area (Å²) in [6.45, 7) is 2.43. The van der Waals surface area contributed by atoms with Crippen LogP contribution in [-0.2, 0) is 4.79 Å². The normalized spacial score (nSPS) is 19.2. The van der Waals surface area contributed by atoms with E-state index in [0.29, 0.717) is 5.75 Å². The number of hydrogen-bond acceptors (Lipinski definition) is 2. The van der Waals surface area contributed by atoms with Crippen LogP contribution in [0.3, 0.4) is 0 Å². The van der Waals surface area contributed by atoms with Crippen LogP contribution < -0.4 is 4.74 Å². The third-order valence-electron chi connectivity index (χ3n) is 3.97. The highest BCUT2D eigenvalue weighted by Gasteiger charge is 2.33. The summed E-state index contributed by atoms with van der Waals surface area (Å²) in [6.07, 6.45) is 3.14. The summed E-state index contributed by atoms with van der Waals surface area (Å²) in [5.41, 5.74) is 1.05. The number of rotatable bonds is 4. The SMILES string of the molecule is C[C@@H](Oc1cccc(F)c1)C(=O)N1CCC[C@@H]1c1ccc[nH]1. The molecule has 116 valence electrons. The van der Waals surface area contributed by atoms with E-state index in [2.05, 4.69) is 4.98 Å². The number of amides is 1. The van der Waals surface area contributed by atoms with Crippen molar-refractivity contribution in [2.75, 3.05) is 6.54 Å². The largest absolute Gasteiger partial charge is 0.481 e. The van der Waals surface area contributed by atoms with Crippen molar-refractivity contribution in [3.05, 3.63) is 54.1 Å². The molecule has 2 heterocycles. The number of hydrogen-bond donors (Lipinski definition) is 1. The Kier molecular flexibility index (Phi) is 4.13. The van der Waals surface area contributed by atoms with Crippen LogP contribution in [0.4, 0.5) is 4.39 Å². The second-order valence-electron chi connectivity index (χ2n) is 5.53. The van der Waals surface area contributed by atoms with Gasteiger partial charge in [-0.25, -0.2) is 4.39 Å². The number of carbonyl (C=O) groups is 1. The first-order chi connectivity index (χ1) is 10.6. The number of benzene rings is 1. The first-order valence-electron chi connectivity index (χ1n) is 7.51. The summed E-state index contributed by atoms with van der Waals surface area (Å²) in [7, 11) is 0. The highest BCUT2D eigenvalue weighted by molar-refractivity contribution is 5.81. The molecule has 3 rings (SSSR count). The summed E-state index contributed by atoms with van der Waals surface area (Å²) in [6, 6.07) is 9.86. The van der Waals surface area contributed by atoms with Gasteiger partial charge in [0.05, 0.1) is 6.04 Å². The van der Waals surface area contributed by atoms with Gasteiger partial charge in [0.2, 0.25) is 0 Å². The molecule has 1 aromatic heterocycles. The highest BCUT2D eigenvalue weighted by Crippen LogP contribution is 2.31. The van der Waals surface area contributed by atoms with E-state index in [0.717, 1.165) is 25.1 Å². The fourth-order valence-corrected chi connectivity index (χ4v) is 2.93. The molecule has 22 heavy (non-hydrogen) atoms. The van der Waals surface area contributed by atoms with Crippen LogP contribution >= 0.6 is 0 Å². The highest BCUT2D eigenvalue weighted by atomic mass is 19.1.